The van der Waals surface area contributed by atoms with E-state index in [1.165, 1.54) is 29.5 Å². The minimum atomic E-state index is -0.525. The van der Waals surface area contributed by atoms with E-state index in [4.69, 9.17) is 0 Å². The van der Waals surface area contributed by atoms with Crippen molar-refractivity contribution >= 4 is 23.4 Å². The monoisotopic (exact) mass is 392 g/mol. The molecule has 1 atom stereocenters. The summed E-state index contributed by atoms with van der Waals surface area (Å²) >= 11 is 0. The zero-order valence-electron chi connectivity index (χ0n) is 15.1. The van der Waals surface area contributed by atoms with Gasteiger partial charge in [-0.3, -0.25) is 19.0 Å². The second-order valence-electron chi connectivity index (χ2n) is 6.43. The summed E-state index contributed by atoms with van der Waals surface area (Å²) in [6.07, 6.45) is 6.29. The van der Waals surface area contributed by atoms with Gasteiger partial charge in [0.15, 0.2) is 5.82 Å². The van der Waals surface area contributed by atoms with E-state index < -0.39 is 17.8 Å². The van der Waals surface area contributed by atoms with Crippen molar-refractivity contribution in [3.63, 3.8) is 0 Å². The number of aromatic hydroxyl groups is 1. The van der Waals surface area contributed by atoms with Crippen LogP contribution in [0.2, 0.25) is 0 Å². The number of amides is 2. The molecule has 0 radical (unpaired) electrons. The number of hydrogen-bond acceptors (Lipinski definition) is 7. The van der Waals surface area contributed by atoms with Gasteiger partial charge in [-0.2, -0.15) is 4.98 Å². The Balaban J connectivity index is 1.47. The Morgan fingerprint density at radius 1 is 1.24 bits per heavy atom. The Bertz CT molecular complexity index is 1080. The first-order chi connectivity index (χ1) is 14.0. The van der Waals surface area contributed by atoms with E-state index in [1.807, 2.05) is 0 Å². The van der Waals surface area contributed by atoms with Crippen molar-refractivity contribution in [2.45, 2.75) is 18.9 Å². The first kappa shape index (κ1) is 18.3. The highest BCUT2D eigenvalue weighted by Crippen LogP contribution is 2.22. The first-order valence-electron chi connectivity index (χ1n) is 8.80. The van der Waals surface area contributed by atoms with Crippen LogP contribution in [0, 0.1) is 0 Å². The molecule has 1 aliphatic heterocycles. The van der Waals surface area contributed by atoms with Crippen LogP contribution in [0.1, 0.15) is 23.2 Å². The van der Waals surface area contributed by atoms with Crippen LogP contribution < -0.4 is 10.6 Å². The summed E-state index contributed by atoms with van der Waals surface area (Å²) in [7, 11) is 0. The van der Waals surface area contributed by atoms with Gasteiger partial charge in [-0.1, -0.05) is 0 Å². The first-order valence-corrected chi connectivity index (χ1v) is 8.80. The minimum Gasteiger partial charge on any atom is -0.493 e. The highest BCUT2D eigenvalue weighted by Gasteiger charge is 2.27. The summed E-state index contributed by atoms with van der Waals surface area (Å²) < 4.78 is 1.21. The number of nitrogens with zero attached hydrogens (tertiary/aromatic N) is 4. The average molecular weight is 392 g/mol. The summed E-state index contributed by atoms with van der Waals surface area (Å²) in [5.41, 5.74) is 1.10. The third kappa shape index (κ3) is 3.81. The SMILES string of the molecule is O=C1CCC(C(=O)Nc2ccc(-c3ncc(C(=O)n4ccnc4)c(O)n3)cc2)N1. The molecule has 1 aromatic carbocycles. The Morgan fingerprint density at radius 2 is 2.03 bits per heavy atom. The number of carbonyl (C=O) groups excluding carboxylic acids is 3. The van der Waals surface area contributed by atoms with Gasteiger partial charge < -0.3 is 15.7 Å². The number of aromatic nitrogens is 4. The summed E-state index contributed by atoms with van der Waals surface area (Å²) in [6.45, 7) is 0. The number of nitrogens with one attached hydrogen (secondary N) is 2. The number of anilines is 1. The number of rotatable bonds is 4. The highest BCUT2D eigenvalue weighted by atomic mass is 16.3. The van der Waals surface area contributed by atoms with Gasteiger partial charge in [-0.25, -0.2) is 9.97 Å². The van der Waals surface area contributed by atoms with Crippen LogP contribution in [0.3, 0.4) is 0 Å². The zero-order valence-corrected chi connectivity index (χ0v) is 15.1. The Labute approximate surface area is 164 Å². The zero-order chi connectivity index (χ0) is 20.4. The van der Waals surface area contributed by atoms with Crippen LogP contribution in [0.15, 0.2) is 49.2 Å². The molecule has 10 heteroatoms. The van der Waals surface area contributed by atoms with Gasteiger partial charge in [-0.05, 0) is 30.7 Å². The smallest absolute Gasteiger partial charge is 0.270 e. The molecule has 1 unspecified atom stereocenters. The van der Waals surface area contributed by atoms with Crippen molar-refractivity contribution in [1.29, 1.82) is 0 Å². The maximum atomic E-state index is 12.3. The van der Waals surface area contributed by atoms with E-state index in [0.29, 0.717) is 24.1 Å². The van der Waals surface area contributed by atoms with E-state index >= 15 is 0 Å². The molecular formula is C19H16N6O4. The standard InChI is InChI=1S/C19H16N6O4/c26-15-6-5-14(23-15)18(28)22-12-3-1-11(2-4-12)16-21-9-13(17(27)24-16)19(29)25-8-7-20-10-25/h1-4,7-10,14H,5-6H2,(H,22,28)(H,23,26)(H,21,24,27). The molecule has 0 bridgehead atoms. The summed E-state index contributed by atoms with van der Waals surface area (Å²) in [5.74, 6) is -1.12. The van der Waals surface area contributed by atoms with E-state index in [9.17, 15) is 19.5 Å². The predicted molar refractivity (Wildman–Crippen MR) is 101 cm³/mol. The van der Waals surface area contributed by atoms with Crippen LogP contribution in [-0.4, -0.2) is 48.4 Å². The minimum absolute atomic E-state index is 0.0470. The molecule has 0 saturated carbocycles. The molecule has 2 aromatic heterocycles. The molecule has 1 aliphatic rings. The van der Waals surface area contributed by atoms with Gasteiger partial charge in [-0.15, -0.1) is 0 Å². The fourth-order valence-electron chi connectivity index (χ4n) is 2.92. The lowest BCUT2D eigenvalue weighted by atomic mass is 10.1. The normalized spacial score (nSPS) is 15.7. The molecule has 3 heterocycles. The number of benzene rings is 1. The van der Waals surface area contributed by atoms with Crippen LogP contribution in [-0.2, 0) is 9.59 Å². The molecule has 3 N–H and O–H groups in total. The van der Waals surface area contributed by atoms with Gasteiger partial charge in [0.2, 0.25) is 17.7 Å². The molecule has 1 saturated heterocycles. The second kappa shape index (κ2) is 7.50. The summed E-state index contributed by atoms with van der Waals surface area (Å²) in [4.78, 5) is 47.6. The number of carbonyl (C=O) groups is 3. The van der Waals surface area contributed by atoms with Crippen LogP contribution in [0.4, 0.5) is 5.69 Å². The largest absolute Gasteiger partial charge is 0.493 e. The van der Waals surface area contributed by atoms with Gasteiger partial charge in [0, 0.05) is 36.3 Å². The van der Waals surface area contributed by atoms with Gasteiger partial charge in [0.1, 0.15) is 17.9 Å². The quantitative estimate of drug-likeness (QED) is 0.601. The third-order valence-corrected chi connectivity index (χ3v) is 4.46. The lowest BCUT2D eigenvalue weighted by Crippen LogP contribution is -2.37. The molecule has 2 amide bonds. The Hall–Kier alpha value is -4.08. The fourth-order valence-corrected chi connectivity index (χ4v) is 2.92. The Morgan fingerprint density at radius 3 is 2.66 bits per heavy atom. The van der Waals surface area contributed by atoms with Crippen molar-refractivity contribution in [1.82, 2.24) is 24.8 Å². The van der Waals surface area contributed by atoms with Gasteiger partial charge >= 0.3 is 0 Å². The highest BCUT2D eigenvalue weighted by molar-refractivity contribution is 5.99. The molecule has 3 aromatic rings. The molecular weight excluding hydrogens is 376 g/mol. The van der Waals surface area contributed by atoms with Crippen molar-refractivity contribution in [2.24, 2.45) is 0 Å². The summed E-state index contributed by atoms with van der Waals surface area (Å²) in [6, 6.07) is 6.15. The van der Waals surface area contributed by atoms with Crippen LogP contribution in [0.25, 0.3) is 11.4 Å². The Kier molecular flexibility index (Phi) is 4.73. The molecule has 1 fully saturated rings. The van der Waals surface area contributed by atoms with Crippen molar-refractivity contribution in [2.75, 3.05) is 5.32 Å². The lowest BCUT2D eigenvalue weighted by molar-refractivity contribution is -0.122. The number of imidazole rings is 1. The molecule has 0 aliphatic carbocycles. The maximum absolute atomic E-state index is 12.3. The van der Waals surface area contributed by atoms with E-state index in [0.717, 1.165) is 0 Å². The average Bonchev–Trinajstić information content (AvgIpc) is 3.40. The van der Waals surface area contributed by atoms with E-state index in [1.54, 1.807) is 24.3 Å². The molecule has 146 valence electrons. The maximum Gasteiger partial charge on any atom is 0.270 e. The van der Waals surface area contributed by atoms with E-state index in [2.05, 4.69) is 25.6 Å². The predicted octanol–water partition coefficient (Wildman–Crippen LogP) is 0.951. The molecule has 10 nitrogen and oxygen atoms in total. The van der Waals surface area contributed by atoms with Crippen molar-refractivity contribution in [3.8, 4) is 17.3 Å². The summed E-state index contributed by atoms with van der Waals surface area (Å²) in [5, 5.41) is 15.5. The van der Waals surface area contributed by atoms with Crippen LogP contribution >= 0.6 is 0 Å². The number of hydrogen-bond donors (Lipinski definition) is 3. The molecule has 4 rings (SSSR count). The molecule has 29 heavy (non-hydrogen) atoms. The van der Waals surface area contributed by atoms with Crippen LogP contribution in [0.5, 0.6) is 5.88 Å². The lowest BCUT2D eigenvalue weighted by Gasteiger charge is -2.11. The van der Waals surface area contributed by atoms with Gasteiger partial charge in [0.05, 0.1) is 0 Å². The third-order valence-electron chi connectivity index (χ3n) is 4.46. The van der Waals surface area contributed by atoms with Gasteiger partial charge in [0.25, 0.3) is 5.91 Å². The molecule has 0 spiro atoms. The topological polar surface area (TPSA) is 139 Å². The van der Waals surface area contributed by atoms with Crippen molar-refractivity contribution < 1.29 is 19.5 Å². The van der Waals surface area contributed by atoms with Crippen molar-refractivity contribution in [3.05, 3.63) is 54.7 Å². The van der Waals surface area contributed by atoms with E-state index in [-0.39, 0.29) is 23.2 Å². The second-order valence-corrected chi connectivity index (χ2v) is 6.43. The fraction of sp³-hybridized carbons (Fsp3) is 0.158.